The second-order valence-corrected chi connectivity index (χ2v) is 7.37. The van der Waals surface area contributed by atoms with E-state index in [1.807, 2.05) is 13.2 Å². The standard InChI is InChI=1S/C12H17N3O2S2/c1-8(18-2)6-15-19(16,17)12-7-14-11-4-3-9(13)5-10(11)12/h3-5,7-8,14-15H,6,13H2,1-2H3. The zero-order valence-electron chi connectivity index (χ0n) is 10.8. The minimum Gasteiger partial charge on any atom is -0.399 e. The quantitative estimate of drug-likeness (QED) is 0.734. The molecule has 1 aromatic heterocycles. The molecular formula is C12H17N3O2S2. The van der Waals surface area contributed by atoms with Crippen LogP contribution in [0.2, 0.25) is 0 Å². The van der Waals surface area contributed by atoms with Gasteiger partial charge in [-0.15, -0.1) is 0 Å². The Hall–Kier alpha value is -1.18. The molecule has 7 heteroatoms. The average Bonchev–Trinajstić information content (AvgIpc) is 2.79. The summed E-state index contributed by atoms with van der Waals surface area (Å²) in [6.07, 6.45) is 3.45. The van der Waals surface area contributed by atoms with Crippen molar-refractivity contribution >= 4 is 38.4 Å². The smallest absolute Gasteiger partial charge is 0.242 e. The van der Waals surface area contributed by atoms with Crippen molar-refractivity contribution in [3.8, 4) is 0 Å². The van der Waals surface area contributed by atoms with Crippen molar-refractivity contribution < 1.29 is 8.42 Å². The van der Waals surface area contributed by atoms with Crippen molar-refractivity contribution in [2.75, 3.05) is 18.5 Å². The van der Waals surface area contributed by atoms with Crippen LogP contribution in [0, 0.1) is 0 Å². The predicted octanol–water partition coefficient (Wildman–Crippen LogP) is 1.78. The molecule has 0 fully saturated rings. The number of anilines is 1. The molecule has 0 aliphatic heterocycles. The minimum atomic E-state index is -3.52. The van der Waals surface area contributed by atoms with Gasteiger partial charge in [-0.3, -0.25) is 0 Å². The van der Waals surface area contributed by atoms with Gasteiger partial charge >= 0.3 is 0 Å². The number of thioether (sulfide) groups is 1. The number of rotatable bonds is 5. The highest BCUT2D eigenvalue weighted by atomic mass is 32.2. The molecule has 1 atom stereocenters. The lowest BCUT2D eigenvalue weighted by Gasteiger charge is -2.10. The molecule has 2 aromatic rings. The third kappa shape index (κ3) is 3.05. The number of aromatic nitrogens is 1. The van der Waals surface area contributed by atoms with E-state index < -0.39 is 10.0 Å². The Morgan fingerprint density at radius 2 is 2.21 bits per heavy atom. The molecule has 1 heterocycles. The van der Waals surface area contributed by atoms with E-state index in [1.54, 1.807) is 30.0 Å². The van der Waals surface area contributed by atoms with Crippen LogP contribution in [-0.4, -0.2) is 31.5 Å². The summed E-state index contributed by atoms with van der Waals surface area (Å²) in [5.41, 5.74) is 7.01. The maximum atomic E-state index is 12.3. The van der Waals surface area contributed by atoms with E-state index in [2.05, 4.69) is 9.71 Å². The number of nitrogens with one attached hydrogen (secondary N) is 2. The summed E-state index contributed by atoms with van der Waals surface area (Å²) in [6.45, 7) is 2.37. The van der Waals surface area contributed by atoms with Crippen molar-refractivity contribution in [1.82, 2.24) is 9.71 Å². The number of aromatic amines is 1. The van der Waals surface area contributed by atoms with E-state index >= 15 is 0 Å². The van der Waals surface area contributed by atoms with Crippen molar-refractivity contribution in [2.24, 2.45) is 0 Å². The summed E-state index contributed by atoms with van der Waals surface area (Å²) < 4.78 is 27.1. The Labute approximate surface area is 117 Å². The van der Waals surface area contributed by atoms with Crippen LogP contribution < -0.4 is 10.5 Å². The van der Waals surface area contributed by atoms with Crippen molar-refractivity contribution in [2.45, 2.75) is 17.1 Å². The number of hydrogen-bond acceptors (Lipinski definition) is 4. The first kappa shape index (κ1) is 14.2. The average molecular weight is 299 g/mol. The zero-order chi connectivity index (χ0) is 14.0. The largest absolute Gasteiger partial charge is 0.399 e. The topological polar surface area (TPSA) is 88.0 Å². The van der Waals surface area contributed by atoms with Gasteiger partial charge in [-0.2, -0.15) is 11.8 Å². The van der Waals surface area contributed by atoms with Gasteiger partial charge in [-0.25, -0.2) is 13.1 Å². The second kappa shape index (κ2) is 5.44. The van der Waals surface area contributed by atoms with E-state index in [0.717, 1.165) is 5.52 Å². The summed E-state index contributed by atoms with van der Waals surface area (Å²) >= 11 is 1.61. The second-order valence-electron chi connectivity index (χ2n) is 4.36. The summed E-state index contributed by atoms with van der Waals surface area (Å²) in [7, 11) is -3.52. The molecule has 0 saturated heterocycles. The Balaban J connectivity index is 2.35. The molecule has 0 spiro atoms. The van der Waals surface area contributed by atoms with Crippen LogP contribution in [0.15, 0.2) is 29.3 Å². The number of fused-ring (bicyclic) bond motifs is 1. The molecule has 0 amide bonds. The molecule has 0 bridgehead atoms. The van der Waals surface area contributed by atoms with Gasteiger partial charge in [0, 0.05) is 34.6 Å². The van der Waals surface area contributed by atoms with E-state index in [0.29, 0.717) is 17.6 Å². The van der Waals surface area contributed by atoms with E-state index in [9.17, 15) is 8.42 Å². The van der Waals surface area contributed by atoms with Gasteiger partial charge in [-0.05, 0) is 24.5 Å². The fourth-order valence-electron chi connectivity index (χ4n) is 1.72. The number of hydrogen-bond donors (Lipinski definition) is 3. The monoisotopic (exact) mass is 299 g/mol. The fraction of sp³-hybridized carbons (Fsp3) is 0.333. The molecule has 104 valence electrons. The molecule has 0 saturated carbocycles. The summed E-state index contributed by atoms with van der Waals surface area (Å²) in [5.74, 6) is 0. The zero-order valence-corrected chi connectivity index (χ0v) is 12.4. The van der Waals surface area contributed by atoms with E-state index in [4.69, 9.17) is 5.73 Å². The first-order chi connectivity index (χ1) is 8.94. The highest BCUT2D eigenvalue weighted by molar-refractivity contribution is 7.99. The van der Waals surface area contributed by atoms with Crippen LogP contribution in [0.4, 0.5) is 5.69 Å². The Morgan fingerprint density at radius 1 is 1.47 bits per heavy atom. The molecule has 2 rings (SSSR count). The van der Waals surface area contributed by atoms with Crippen LogP contribution in [0.5, 0.6) is 0 Å². The number of H-pyrrole nitrogens is 1. The number of nitrogens with two attached hydrogens (primary N) is 1. The Morgan fingerprint density at radius 3 is 2.89 bits per heavy atom. The van der Waals surface area contributed by atoms with Gasteiger partial charge in [0.2, 0.25) is 10.0 Å². The first-order valence-corrected chi connectivity index (χ1v) is 8.60. The van der Waals surface area contributed by atoms with Crippen molar-refractivity contribution in [1.29, 1.82) is 0 Å². The fourth-order valence-corrected chi connectivity index (χ4v) is 3.38. The van der Waals surface area contributed by atoms with Crippen LogP contribution >= 0.6 is 11.8 Å². The number of benzene rings is 1. The van der Waals surface area contributed by atoms with Gasteiger partial charge in [0.15, 0.2) is 0 Å². The maximum absolute atomic E-state index is 12.3. The molecular weight excluding hydrogens is 282 g/mol. The van der Waals surface area contributed by atoms with Crippen LogP contribution in [0.1, 0.15) is 6.92 Å². The van der Waals surface area contributed by atoms with Gasteiger partial charge in [0.1, 0.15) is 4.90 Å². The van der Waals surface area contributed by atoms with Crippen LogP contribution in [-0.2, 0) is 10.0 Å². The SMILES string of the molecule is CSC(C)CNS(=O)(=O)c1c[nH]c2ccc(N)cc12. The summed E-state index contributed by atoms with van der Waals surface area (Å²) in [4.78, 5) is 3.18. The molecule has 0 aliphatic rings. The molecule has 5 nitrogen and oxygen atoms in total. The normalized spacial score (nSPS) is 13.8. The Bertz CT molecular complexity index is 679. The highest BCUT2D eigenvalue weighted by Crippen LogP contribution is 2.24. The van der Waals surface area contributed by atoms with Gasteiger partial charge < -0.3 is 10.7 Å². The van der Waals surface area contributed by atoms with Crippen LogP contribution in [0.25, 0.3) is 10.9 Å². The highest BCUT2D eigenvalue weighted by Gasteiger charge is 2.19. The number of sulfonamides is 1. The number of nitrogen functional groups attached to an aromatic ring is 1. The third-order valence-electron chi connectivity index (χ3n) is 2.92. The summed E-state index contributed by atoms with van der Waals surface area (Å²) in [6, 6.07) is 5.17. The molecule has 0 aliphatic carbocycles. The first-order valence-electron chi connectivity index (χ1n) is 5.83. The Kier molecular flexibility index (Phi) is 4.07. The lowest BCUT2D eigenvalue weighted by Crippen LogP contribution is -2.29. The van der Waals surface area contributed by atoms with Crippen molar-refractivity contribution in [3.63, 3.8) is 0 Å². The van der Waals surface area contributed by atoms with Gasteiger partial charge in [0.05, 0.1) is 0 Å². The maximum Gasteiger partial charge on any atom is 0.242 e. The van der Waals surface area contributed by atoms with Gasteiger partial charge in [0.25, 0.3) is 0 Å². The molecule has 4 N–H and O–H groups in total. The molecule has 19 heavy (non-hydrogen) atoms. The lowest BCUT2D eigenvalue weighted by molar-refractivity contribution is 0.582. The minimum absolute atomic E-state index is 0.227. The molecule has 1 unspecified atom stereocenters. The van der Waals surface area contributed by atoms with Crippen LogP contribution in [0.3, 0.4) is 0 Å². The van der Waals surface area contributed by atoms with Gasteiger partial charge in [-0.1, -0.05) is 6.92 Å². The predicted molar refractivity (Wildman–Crippen MR) is 80.9 cm³/mol. The molecule has 0 radical (unpaired) electrons. The summed E-state index contributed by atoms with van der Waals surface area (Å²) in [5, 5.41) is 0.842. The van der Waals surface area contributed by atoms with Crippen molar-refractivity contribution in [3.05, 3.63) is 24.4 Å². The van der Waals surface area contributed by atoms with E-state index in [-0.39, 0.29) is 10.1 Å². The lowest BCUT2D eigenvalue weighted by atomic mass is 10.2. The molecule has 1 aromatic carbocycles. The van der Waals surface area contributed by atoms with E-state index in [1.165, 1.54) is 6.20 Å². The third-order valence-corrected chi connectivity index (χ3v) is 5.36.